The number of hydrogen-bond acceptors (Lipinski definition) is 2. The third-order valence-corrected chi connectivity index (χ3v) is 3.02. The van der Waals surface area contributed by atoms with Crippen molar-refractivity contribution in [2.45, 2.75) is 25.8 Å². The number of carboxylic acids is 1. The van der Waals surface area contributed by atoms with Gasteiger partial charge in [0.05, 0.1) is 0 Å². The van der Waals surface area contributed by atoms with Gasteiger partial charge >= 0.3 is 5.97 Å². The lowest BCUT2D eigenvalue weighted by Gasteiger charge is -2.34. The summed E-state index contributed by atoms with van der Waals surface area (Å²) in [7, 11) is 0. The fourth-order valence-corrected chi connectivity index (χ4v) is 1.84. The normalized spacial score (nSPS) is 13.7. The van der Waals surface area contributed by atoms with Gasteiger partial charge in [0.1, 0.15) is 11.4 Å². The van der Waals surface area contributed by atoms with Crippen LogP contribution in [0.3, 0.4) is 0 Å². The number of aliphatic carboxylic acids is 1. The van der Waals surface area contributed by atoms with Crippen molar-refractivity contribution < 1.29 is 19.1 Å². The van der Waals surface area contributed by atoms with Gasteiger partial charge in [-0.1, -0.05) is 12.1 Å². The van der Waals surface area contributed by atoms with Gasteiger partial charge in [0, 0.05) is 13.0 Å². The molecule has 0 aromatic heterocycles. The lowest BCUT2D eigenvalue weighted by Crippen LogP contribution is -2.53. The molecule has 1 rings (SSSR count). The lowest BCUT2D eigenvalue weighted by molar-refractivity contribution is -0.153. The summed E-state index contributed by atoms with van der Waals surface area (Å²) in [5.74, 6) is -1.46. The molecule has 1 aromatic rings. The summed E-state index contributed by atoms with van der Waals surface area (Å²) in [5.41, 5.74) is -0.657. The van der Waals surface area contributed by atoms with E-state index in [0.29, 0.717) is 18.5 Å². The summed E-state index contributed by atoms with van der Waals surface area (Å²) in [6, 6.07) is 5.59. The zero-order valence-corrected chi connectivity index (χ0v) is 10.4. The summed E-state index contributed by atoms with van der Waals surface area (Å²) in [5, 5.41) is 9.31. The van der Waals surface area contributed by atoms with Crippen molar-refractivity contribution >= 4 is 12.4 Å². The number of hydrogen-bond donors (Lipinski definition) is 1. The summed E-state index contributed by atoms with van der Waals surface area (Å²) in [4.78, 5) is 23.5. The first-order valence-corrected chi connectivity index (χ1v) is 5.64. The number of nitrogens with zero attached hydrogens (tertiary/aromatic N) is 1. The van der Waals surface area contributed by atoms with Crippen molar-refractivity contribution in [3.05, 3.63) is 35.6 Å². The summed E-state index contributed by atoms with van der Waals surface area (Å²) >= 11 is 0. The van der Waals surface area contributed by atoms with Crippen LogP contribution in [0.5, 0.6) is 0 Å². The van der Waals surface area contributed by atoms with Crippen LogP contribution in [0.15, 0.2) is 24.3 Å². The van der Waals surface area contributed by atoms with Gasteiger partial charge in [-0.2, -0.15) is 0 Å². The van der Waals surface area contributed by atoms with E-state index in [0.717, 1.165) is 0 Å². The van der Waals surface area contributed by atoms with Crippen molar-refractivity contribution in [3.8, 4) is 0 Å². The fourth-order valence-electron chi connectivity index (χ4n) is 1.84. The number of rotatable bonds is 6. The zero-order chi connectivity index (χ0) is 13.8. The van der Waals surface area contributed by atoms with Crippen LogP contribution in [0.25, 0.3) is 0 Å². The topological polar surface area (TPSA) is 57.6 Å². The quantitative estimate of drug-likeness (QED) is 0.785. The van der Waals surface area contributed by atoms with Crippen LogP contribution in [0, 0.1) is 5.82 Å². The van der Waals surface area contributed by atoms with Gasteiger partial charge < -0.3 is 10.0 Å². The Labute approximate surface area is 105 Å². The van der Waals surface area contributed by atoms with Crippen LogP contribution < -0.4 is 0 Å². The molecule has 0 saturated carbocycles. The van der Waals surface area contributed by atoms with Gasteiger partial charge in [0.15, 0.2) is 0 Å². The van der Waals surface area contributed by atoms with Crippen LogP contribution in [0.1, 0.15) is 19.4 Å². The maximum atomic E-state index is 12.8. The molecule has 4 nitrogen and oxygen atoms in total. The largest absolute Gasteiger partial charge is 0.479 e. The summed E-state index contributed by atoms with van der Waals surface area (Å²) in [6.45, 7) is 3.49. The minimum Gasteiger partial charge on any atom is -0.479 e. The van der Waals surface area contributed by atoms with Crippen molar-refractivity contribution in [1.29, 1.82) is 0 Å². The number of carboxylic acid groups (broad SMARTS) is 1. The Morgan fingerprint density at radius 2 is 2.00 bits per heavy atom. The third-order valence-electron chi connectivity index (χ3n) is 3.02. The number of benzene rings is 1. The van der Waals surface area contributed by atoms with E-state index in [4.69, 9.17) is 0 Å². The lowest BCUT2D eigenvalue weighted by atomic mass is 9.91. The molecule has 1 unspecified atom stereocenters. The molecule has 1 atom stereocenters. The molecule has 0 saturated heterocycles. The van der Waals surface area contributed by atoms with Gasteiger partial charge in [-0.05, 0) is 31.5 Å². The molecule has 98 valence electrons. The minimum atomic E-state index is -1.33. The van der Waals surface area contributed by atoms with Gasteiger partial charge in [-0.15, -0.1) is 0 Å². The molecule has 0 radical (unpaired) electrons. The number of carbonyl (C=O) groups excluding carboxylic acids is 1. The van der Waals surface area contributed by atoms with Gasteiger partial charge in [0.2, 0.25) is 6.41 Å². The molecule has 0 aliphatic carbocycles. The average Bonchev–Trinajstić information content (AvgIpc) is 2.33. The second kappa shape index (κ2) is 5.62. The molecular weight excluding hydrogens is 237 g/mol. The molecule has 0 heterocycles. The first-order valence-electron chi connectivity index (χ1n) is 5.64. The predicted molar refractivity (Wildman–Crippen MR) is 64.6 cm³/mol. The zero-order valence-electron chi connectivity index (χ0n) is 10.4. The van der Waals surface area contributed by atoms with E-state index in [-0.39, 0.29) is 12.2 Å². The number of carbonyl (C=O) groups is 2. The minimum absolute atomic E-state index is 0.134. The Morgan fingerprint density at radius 1 is 1.44 bits per heavy atom. The van der Waals surface area contributed by atoms with Crippen molar-refractivity contribution in [3.63, 3.8) is 0 Å². The standard InChI is InChI=1S/C13H16FNO3/c1-3-15(9-16)13(2,12(17)18)8-10-4-6-11(14)7-5-10/h4-7,9H,3,8H2,1-2H3,(H,17,18). The Kier molecular flexibility index (Phi) is 4.42. The van der Waals surface area contributed by atoms with Gasteiger partial charge in [-0.3, -0.25) is 4.79 Å². The first kappa shape index (κ1) is 14.2. The molecule has 5 heteroatoms. The Hall–Kier alpha value is -1.91. The van der Waals surface area contributed by atoms with Crippen molar-refractivity contribution in [2.24, 2.45) is 0 Å². The second-order valence-electron chi connectivity index (χ2n) is 4.27. The molecule has 0 aliphatic rings. The summed E-state index contributed by atoms with van der Waals surface area (Å²) in [6.07, 6.45) is 0.660. The van der Waals surface area contributed by atoms with Crippen LogP contribution in [0.2, 0.25) is 0 Å². The highest BCUT2D eigenvalue weighted by molar-refractivity contribution is 5.81. The molecule has 1 amide bonds. The van der Waals surface area contributed by atoms with E-state index in [2.05, 4.69) is 0 Å². The highest BCUT2D eigenvalue weighted by atomic mass is 19.1. The predicted octanol–water partition coefficient (Wildman–Crippen LogP) is 1.69. The molecule has 0 fully saturated rings. The van der Waals surface area contributed by atoms with E-state index in [1.54, 1.807) is 6.92 Å². The van der Waals surface area contributed by atoms with E-state index in [1.165, 1.54) is 36.1 Å². The van der Waals surface area contributed by atoms with Crippen LogP contribution in [-0.4, -0.2) is 34.5 Å². The monoisotopic (exact) mass is 253 g/mol. The van der Waals surface area contributed by atoms with Crippen LogP contribution >= 0.6 is 0 Å². The third kappa shape index (κ3) is 2.85. The van der Waals surface area contributed by atoms with Crippen molar-refractivity contribution in [2.75, 3.05) is 6.54 Å². The fraction of sp³-hybridized carbons (Fsp3) is 0.385. The molecule has 0 bridgehead atoms. The number of halogens is 1. The first-order chi connectivity index (χ1) is 8.43. The molecular formula is C13H16FNO3. The van der Waals surface area contributed by atoms with Crippen LogP contribution in [0.4, 0.5) is 4.39 Å². The molecule has 0 aliphatic heterocycles. The number of likely N-dealkylation sites (N-methyl/N-ethyl adjacent to an activating group) is 1. The maximum Gasteiger partial charge on any atom is 0.329 e. The van der Waals surface area contributed by atoms with Crippen molar-refractivity contribution in [1.82, 2.24) is 4.90 Å². The summed E-state index contributed by atoms with van der Waals surface area (Å²) < 4.78 is 12.8. The Morgan fingerprint density at radius 3 is 2.39 bits per heavy atom. The van der Waals surface area contributed by atoms with Crippen LogP contribution in [-0.2, 0) is 16.0 Å². The molecule has 18 heavy (non-hydrogen) atoms. The van der Waals surface area contributed by atoms with Gasteiger partial charge in [0.25, 0.3) is 0 Å². The second-order valence-corrected chi connectivity index (χ2v) is 4.27. The van der Waals surface area contributed by atoms with E-state index >= 15 is 0 Å². The smallest absolute Gasteiger partial charge is 0.329 e. The maximum absolute atomic E-state index is 12.8. The van der Waals surface area contributed by atoms with E-state index in [1.807, 2.05) is 0 Å². The SMILES string of the molecule is CCN(C=O)C(C)(Cc1ccc(F)cc1)C(=O)O. The molecule has 0 spiro atoms. The van der Waals surface area contributed by atoms with E-state index in [9.17, 15) is 19.1 Å². The van der Waals surface area contributed by atoms with E-state index < -0.39 is 11.5 Å². The molecule has 1 aromatic carbocycles. The number of amides is 1. The highest BCUT2D eigenvalue weighted by Gasteiger charge is 2.38. The Bertz CT molecular complexity index is 432. The Balaban J connectivity index is 3.02. The van der Waals surface area contributed by atoms with Gasteiger partial charge in [-0.25, -0.2) is 9.18 Å². The average molecular weight is 253 g/mol. The molecule has 1 N–H and O–H groups in total. The highest BCUT2D eigenvalue weighted by Crippen LogP contribution is 2.20.